The third-order valence-electron chi connectivity index (χ3n) is 2.94. The molecule has 4 nitrogen and oxygen atoms in total. The maximum Gasteiger partial charge on any atom is 0.314 e. The summed E-state index contributed by atoms with van der Waals surface area (Å²) in [5.41, 5.74) is 0.477. The number of hydrogen-bond donors (Lipinski definition) is 0. The Morgan fingerprint density at radius 3 is 2.71 bits per heavy atom. The Hall–Kier alpha value is -2.02. The summed E-state index contributed by atoms with van der Waals surface area (Å²) in [4.78, 5) is 11.7. The van der Waals surface area contributed by atoms with E-state index in [4.69, 9.17) is 14.7 Å². The Labute approximate surface area is 99.8 Å². The topological polar surface area (TPSA) is 59.3 Å². The zero-order chi connectivity index (χ0) is 12.3. The van der Waals surface area contributed by atoms with Crippen molar-refractivity contribution in [1.29, 1.82) is 5.26 Å². The molecule has 2 rings (SSSR count). The van der Waals surface area contributed by atoms with Gasteiger partial charge in [-0.15, -0.1) is 0 Å². The van der Waals surface area contributed by atoms with Crippen molar-refractivity contribution in [2.75, 3.05) is 7.11 Å². The van der Waals surface area contributed by atoms with E-state index in [0.29, 0.717) is 17.1 Å². The van der Waals surface area contributed by atoms with Gasteiger partial charge < -0.3 is 9.47 Å². The molecule has 0 aliphatic heterocycles. The van der Waals surface area contributed by atoms with Crippen molar-refractivity contribution in [2.24, 2.45) is 5.92 Å². The molecule has 1 aromatic carbocycles. The van der Waals surface area contributed by atoms with Crippen LogP contribution >= 0.6 is 0 Å². The molecule has 1 saturated carbocycles. The lowest BCUT2D eigenvalue weighted by Gasteiger charge is -2.23. The van der Waals surface area contributed by atoms with Crippen molar-refractivity contribution < 1.29 is 14.3 Å². The largest absolute Gasteiger partial charge is 0.493 e. The standard InChI is InChI=1S/C13H13NO3/c1-16-12-7-9(8-14)5-6-11(12)17-13(15)10-3-2-4-10/h5-7,10H,2-4H2,1H3. The first-order valence-corrected chi connectivity index (χ1v) is 5.54. The second-order valence-corrected chi connectivity index (χ2v) is 4.03. The number of esters is 1. The predicted molar refractivity (Wildman–Crippen MR) is 60.7 cm³/mol. The van der Waals surface area contributed by atoms with E-state index in [2.05, 4.69) is 0 Å². The molecule has 0 heterocycles. The molecule has 4 heteroatoms. The molecule has 0 radical (unpaired) electrons. The lowest BCUT2D eigenvalue weighted by Crippen LogP contribution is -2.26. The number of methoxy groups -OCH3 is 1. The van der Waals surface area contributed by atoms with Crippen LogP contribution in [0.1, 0.15) is 24.8 Å². The van der Waals surface area contributed by atoms with Crippen LogP contribution in [0.5, 0.6) is 11.5 Å². The smallest absolute Gasteiger partial charge is 0.314 e. The van der Waals surface area contributed by atoms with Gasteiger partial charge in [-0.05, 0) is 25.0 Å². The minimum Gasteiger partial charge on any atom is -0.493 e. The normalized spacial score (nSPS) is 14.6. The van der Waals surface area contributed by atoms with Gasteiger partial charge in [0.1, 0.15) is 0 Å². The van der Waals surface area contributed by atoms with E-state index in [1.54, 1.807) is 18.2 Å². The molecule has 1 aliphatic carbocycles. The van der Waals surface area contributed by atoms with E-state index in [0.717, 1.165) is 19.3 Å². The Bertz CT molecular complexity index is 472. The zero-order valence-corrected chi connectivity index (χ0v) is 9.60. The Kier molecular flexibility index (Phi) is 3.29. The van der Waals surface area contributed by atoms with Crippen molar-refractivity contribution in [3.05, 3.63) is 23.8 Å². The van der Waals surface area contributed by atoms with Gasteiger partial charge in [0, 0.05) is 6.07 Å². The first-order valence-electron chi connectivity index (χ1n) is 5.54. The number of hydrogen-bond acceptors (Lipinski definition) is 4. The van der Waals surface area contributed by atoms with Crippen molar-refractivity contribution in [3.63, 3.8) is 0 Å². The highest BCUT2D eigenvalue weighted by atomic mass is 16.6. The van der Waals surface area contributed by atoms with Crippen molar-refractivity contribution in [1.82, 2.24) is 0 Å². The van der Waals surface area contributed by atoms with Crippen molar-refractivity contribution in [2.45, 2.75) is 19.3 Å². The molecule has 1 aromatic rings. The second kappa shape index (κ2) is 4.88. The van der Waals surface area contributed by atoms with Gasteiger partial charge in [-0.1, -0.05) is 6.42 Å². The van der Waals surface area contributed by atoms with E-state index < -0.39 is 0 Å². The molecule has 0 amide bonds. The molecule has 0 N–H and O–H groups in total. The predicted octanol–water partition coefficient (Wildman–Crippen LogP) is 2.27. The number of nitrogens with zero attached hydrogens (tertiary/aromatic N) is 1. The van der Waals surface area contributed by atoms with Gasteiger partial charge in [-0.3, -0.25) is 4.79 Å². The number of nitriles is 1. The maximum absolute atomic E-state index is 11.7. The summed E-state index contributed by atoms with van der Waals surface area (Å²) in [7, 11) is 1.48. The van der Waals surface area contributed by atoms with E-state index in [-0.39, 0.29) is 11.9 Å². The molecule has 1 aliphatic rings. The zero-order valence-electron chi connectivity index (χ0n) is 9.60. The van der Waals surface area contributed by atoms with Gasteiger partial charge in [0.05, 0.1) is 24.7 Å². The van der Waals surface area contributed by atoms with Crippen LogP contribution in [0.15, 0.2) is 18.2 Å². The molecule has 0 unspecified atom stereocenters. The highest BCUT2D eigenvalue weighted by Crippen LogP contribution is 2.32. The fourth-order valence-electron chi connectivity index (χ4n) is 1.66. The fraction of sp³-hybridized carbons (Fsp3) is 0.385. The molecule has 0 aromatic heterocycles. The van der Waals surface area contributed by atoms with Gasteiger partial charge >= 0.3 is 5.97 Å². The summed E-state index contributed by atoms with van der Waals surface area (Å²) in [5.74, 6) is 0.606. The van der Waals surface area contributed by atoms with E-state index in [9.17, 15) is 4.79 Å². The molecule has 1 fully saturated rings. The van der Waals surface area contributed by atoms with Gasteiger partial charge in [-0.2, -0.15) is 5.26 Å². The van der Waals surface area contributed by atoms with Crippen LogP contribution < -0.4 is 9.47 Å². The number of rotatable bonds is 3. The Morgan fingerprint density at radius 1 is 1.41 bits per heavy atom. The second-order valence-electron chi connectivity index (χ2n) is 4.03. The summed E-state index contributed by atoms with van der Waals surface area (Å²) in [6.07, 6.45) is 2.89. The molecular formula is C13H13NO3. The molecule has 0 spiro atoms. The molecule has 88 valence electrons. The van der Waals surface area contributed by atoms with Crippen molar-refractivity contribution >= 4 is 5.97 Å². The third kappa shape index (κ3) is 2.39. The number of ether oxygens (including phenoxy) is 2. The van der Waals surface area contributed by atoms with E-state index >= 15 is 0 Å². The Morgan fingerprint density at radius 2 is 2.18 bits per heavy atom. The number of carbonyl (C=O) groups excluding carboxylic acids is 1. The molecule has 17 heavy (non-hydrogen) atoms. The van der Waals surface area contributed by atoms with Crippen molar-refractivity contribution in [3.8, 4) is 17.6 Å². The third-order valence-corrected chi connectivity index (χ3v) is 2.94. The van der Waals surface area contributed by atoms with Crippen LogP contribution in [0.2, 0.25) is 0 Å². The maximum atomic E-state index is 11.7. The Balaban J connectivity index is 2.14. The highest BCUT2D eigenvalue weighted by Gasteiger charge is 2.27. The summed E-state index contributed by atoms with van der Waals surface area (Å²) in [5, 5.41) is 8.75. The average molecular weight is 231 g/mol. The lowest BCUT2D eigenvalue weighted by atomic mass is 9.86. The van der Waals surface area contributed by atoms with Crippen LogP contribution in [-0.4, -0.2) is 13.1 Å². The van der Waals surface area contributed by atoms with Crippen LogP contribution in [0.4, 0.5) is 0 Å². The van der Waals surface area contributed by atoms with Gasteiger partial charge in [-0.25, -0.2) is 0 Å². The molecular weight excluding hydrogens is 218 g/mol. The summed E-state index contributed by atoms with van der Waals surface area (Å²) in [6, 6.07) is 6.76. The highest BCUT2D eigenvalue weighted by molar-refractivity contribution is 5.76. The quantitative estimate of drug-likeness (QED) is 0.591. The number of carbonyl (C=O) groups is 1. The molecule has 0 saturated heterocycles. The first kappa shape index (κ1) is 11.5. The summed E-state index contributed by atoms with van der Waals surface area (Å²) in [6.45, 7) is 0. The molecule has 0 atom stereocenters. The van der Waals surface area contributed by atoms with Crippen LogP contribution in [-0.2, 0) is 4.79 Å². The van der Waals surface area contributed by atoms with E-state index in [1.165, 1.54) is 7.11 Å². The summed E-state index contributed by atoms with van der Waals surface area (Å²) < 4.78 is 10.4. The lowest BCUT2D eigenvalue weighted by molar-refractivity contribution is -0.141. The van der Waals surface area contributed by atoms with Gasteiger partial charge in [0.25, 0.3) is 0 Å². The minimum absolute atomic E-state index is 0.0235. The SMILES string of the molecule is COc1cc(C#N)ccc1OC(=O)C1CCC1. The fourth-order valence-corrected chi connectivity index (χ4v) is 1.66. The monoisotopic (exact) mass is 231 g/mol. The van der Waals surface area contributed by atoms with Gasteiger partial charge in [0.15, 0.2) is 11.5 Å². The summed E-state index contributed by atoms with van der Waals surface area (Å²) >= 11 is 0. The average Bonchev–Trinajstić information content (AvgIpc) is 2.27. The number of benzene rings is 1. The van der Waals surface area contributed by atoms with Crippen LogP contribution in [0.3, 0.4) is 0 Å². The van der Waals surface area contributed by atoms with Crippen LogP contribution in [0, 0.1) is 17.2 Å². The molecule has 0 bridgehead atoms. The van der Waals surface area contributed by atoms with Gasteiger partial charge in [0.2, 0.25) is 0 Å². The minimum atomic E-state index is -0.209. The van der Waals surface area contributed by atoms with Crippen LogP contribution in [0.25, 0.3) is 0 Å². The first-order chi connectivity index (χ1) is 8.24. The van der Waals surface area contributed by atoms with E-state index in [1.807, 2.05) is 6.07 Å².